The molecule has 0 heterocycles. The fourth-order valence-electron chi connectivity index (χ4n) is 1.03. The van der Waals surface area contributed by atoms with Crippen molar-refractivity contribution in [1.29, 1.82) is 0 Å². The van der Waals surface area contributed by atoms with Gasteiger partial charge in [-0.25, -0.2) is 0 Å². The van der Waals surface area contributed by atoms with Crippen LogP contribution in [0.2, 0.25) is 0 Å². The maximum Gasteiger partial charge on any atom is 0.252 e. The summed E-state index contributed by atoms with van der Waals surface area (Å²) >= 11 is 0. The Hall–Kier alpha value is -1.26. The largest absolute Gasteiger partial charge is 0.507 e. The molecule has 0 aliphatic heterocycles. The summed E-state index contributed by atoms with van der Waals surface area (Å²) in [5.74, 6) is -0.767. The van der Waals surface area contributed by atoms with E-state index < -0.39 is 5.91 Å². The van der Waals surface area contributed by atoms with Crippen molar-refractivity contribution >= 4 is 18.3 Å². The van der Waals surface area contributed by atoms with Crippen LogP contribution in [-0.4, -0.2) is 11.0 Å². The standard InChI is InChI=1S/C9H12N2O2.ClH/c1-5(10)6-2-3-8(12)7(4-6)9(11)13;/h2-5,12H,10H2,1H3,(H2,11,13);1H. The molecule has 5 heteroatoms. The molecule has 14 heavy (non-hydrogen) atoms. The van der Waals surface area contributed by atoms with E-state index in [9.17, 15) is 9.90 Å². The molecule has 0 saturated heterocycles. The van der Waals surface area contributed by atoms with E-state index in [-0.39, 0.29) is 29.8 Å². The lowest BCUT2D eigenvalue weighted by atomic mass is 10.0. The van der Waals surface area contributed by atoms with E-state index in [4.69, 9.17) is 11.5 Å². The van der Waals surface area contributed by atoms with Gasteiger partial charge in [0.05, 0.1) is 5.56 Å². The van der Waals surface area contributed by atoms with Gasteiger partial charge in [-0.3, -0.25) is 4.79 Å². The highest BCUT2D eigenvalue weighted by Gasteiger charge is 2.09. The van der Waals surface area contributed by atoms with E-state index in [0.717, 1.165) is 5.56 Å². The number of aromatic hydroxyl groups is 1. The van der Waals surface area contributed by atoms with Crippen LogP contribution < -0.4 is 11.5 Å². The summed E-state index contributed by atoms with van der Waals surface area (Å²) in [5.41, 5.74) is 11.5. The number of primary amides is 1. The summed E-state index contributed by atoms with van der Waals surface area (Å²) in [6, 6.07) is 4.40. The number of benzene rings is 1. The number of amides is 1. The molecule has 0 saturated carbocycles. The third kappa shape index (κ3) is 2.61. The summed E-state index contributed by atoms with van der Waals surface area (Å²) in [5, 5.41) is 9.25. The molecule has 78 valence electrons. The number of hydrogen-bond donors (Lipinski definition) is 3. The third-order valence-corrected chi connectivity index (χ3v) is 1.81. The van der Waals surface area contributed by atoms with Crippen LogP contribution >= 0.6 is 12.4 Å². The minimum absolute atomic E-state index is 0. The van der Waals surface area contributed by atoms with E-state index in [1.54, 1.807) is 13.0 Å². The van der Waals surface area contributed by atoms with Gasteiger partial charge in [-0.2, -0.15) is 0 Å². The van der Waals surface area contributed by atoms with Crippen molar-refractivity contribution in [1.82, 2.24) is 0 Å². The minimum atomic E-state index is -0.653. The number of halogens is 1. The Balaban J connectivity index is 0.00000169. The highest BCUT2D eigenvalue weighted by molar-refractivity contribution is 5.95. The first kappa shape index (κ1) is 12.7. The number of carbonyl (C=O) groups is 1. The molecule has 1 amide bonds. The van der Waals surface area contributed by atoms with Crippen LogP contribution in [0, 0.1) is 0 Å². The molecule has 1 aromatic carbocycles. The Morgan fingerprint density at radius 2 is 2.07 bits per heavy atom. The Morgan fingerprint density at radius 3 is 2.50 bits per heavy atom. The van der Waals surface area contributed by atoms with Crippen molar-refractivity contribution in [3.8, 4) is 5.75 Å². The second-order valence-corrected chi connectivity index (χ2v) is 2.93. The Labute approximate surface area is 88.3 Å². The molecule has 5 N–H and O–H groups in total. The topological polar surface area (TPSA) is 89.3 Å². The molecular formula is C9H13ClN2O2. The summed E-state index contributed by atoms with van der Waals surface area (Å²) in [6.45, 7) is 1.79. The van der Waals surface area contributed by atoms with Crippen LogP contribution in [-0.2, 0) is 0 Å². The lowest BCUT2D eigenvalue weighted by molar-refractivity contribution is 0.0997. The van der Waals surface area contributed by atoms with Gasteiger partial charge in [0.15, 0.2) is 0 Å². The van der Waals surface area contributed by atoms with E-state index >= 15 is 0 Å². The van der Waals surface area contributed by atoms with Crippen molar-refractivity contribution in [2.75, 3.05) is 0 Å². The van der Waals surface area contributed by atoms with Gasteiger partial charge in [0.2, 0.25) is 0 Å². The Morgan fingerprint density at radius 1 is 1.50 bits per heavy atom. The quantitative estimate of drug-likeness (QED) is 0.687. The van der Waals surface area contributed by atoms with Crippen LogP contribution in [0.3, 0.4) is 0 Å². The van der Waals surface area contributed by atoms with Crippen molar-refractivity contribution in [2.45, 2.75) is 13.0 Å². The van der Waals surface area contributed by atoms with Crippen molar-refractivity contribution in [3.63, 3.8) is 0 Å². The molecule has 0 aromatic heterocycles. The smallest absolute Gasteiger partial charge is 0.252 e. The lowest BCUT2D eigenvalue weighted by Gasteiger charge is -2.07. The molecule has 0 radical (unpaired) electrons. The molecule has 1 aromatic rings. The van der Waals surface area contributed by atoms with Crippen LogP contribution in [0.25, 0.3) is 0 Å². The molecule has 0 aliphatic carbocycles. The molecular weight excluding hydrogens is 204 g/mol. The van der Waals surface area contributed by atoms with Crippen molar-refractivity contribution < 1.29 is 9.90 Å². The number of rotatable bonds is 2. The molecule has 0 bridgehead atoms. The van der Waals surface area contributed by atoms with Gasteiger partial charge in [-0.1, -0.05) is 6.07 Å². The molecule has 1 rings (SSSR count). The van der Waals surface area contributed by atoms with Crippen LogP contribution in [0.5, 0.6) is 5.75 Å². The van der Waals surface area contributed by atoms with Crippen molar-refractivity contribution in [2.24, 2.45) is 11.5 Å². The molecule has 1 unspecified atom stereocenters. The Bertz CT molecular complexity index is 340. The zero-order chi connectivity index (χ0) is 10.0. The molecule has 4 nitrogen and oxygen atoms in total. The van der Waals surface area contributed by atoms with Gasteiger partial charge in [0, 0.05) is 6.04 Å². The zero-order valence-corrected chi connectivity index (χ0v) is 8.54. The van der Waals surface area contributed by atoms with Crippen LogP contribution in [0.1, 0.15) is 28.9 Å². The number of nitrogens with two attached hydrogens (primary N) is 2. The second kappa shape index (κ2) is 4.83. The zero-order valence-electron chi connectivity index (χ0n) is 7.73. The predicted octanol–water partition coefficient (Wildman–Crippen LogP) is 0.933. The average Bonchev–Trinajstić information content (AvgIpc) is 2.04. The van der Waals surface area contributed by atoms with Crippen molar-refractivity contribution in [3.05, 3.63) is 29.3 Å². The number of hydrogen-bond acceptors (Lipinski definition) is 3. The fourth-order valence-corrected chi connectivity index (χ4v) is 1.03. The maximum atomic E-state index is 10.8. The summed E-state index contributed by atoms with van der Waals surface area (Å²) < 4.78 is 0. The third-order valence-electron chi connectivity index (χ3n) is 1.81. The lowest BCUT2D eigenvalue weighted by Crippen LogP contribution is -2.13. The highest BCUT2D eigenvalue weighted by Crippen LogP contribution is 2.20. The molecule has 0 fully saturated rings. The first-order valence-electron chi connectivity index (χ1n) is 3.90. The van der Waals surface area contributed by atoms with Gasteiger partial charge >= 0.3 is 0 Å². The van der Waals surface area contributed by atoms with Gasteiger partial charge in [0.25, 0.3) is 5.91 Å². The summed E-state index contributed by atoms with van der Waals surface area (Å²) in [4.78, 5) is 10.8. The monoisotopic (exact) mass is 216 g/mol. The number of carbonyl (C=O) groups excluding carboxylic acids is 1. The summed E-state index contributed by atoms with van der Waals surface area (Å²) in [7, 11) is 0. The average molecular weight is 217 g/mol. The number of phenols is 1. The Kier molecular flexibility index (Phi) is 4.40. The highest BCUT2D eigenvalue weighted by atomic mass is 35.5. The van der Waals surface area contributed by atoms with Gasteiger partial charge < -0.3 is 16.6 Å². The van der Waals surface area contributed by atoms with Gasteiger partial charge in [-0.05, 0) is 24.6 Å². The first-order valence-corrected chi connectivity index (χ1v) is 3.90. The first-order chi connectivity index (χ1) is 6.02. The van der Waals surface area contributed by atoms with E-state index in [1.165, 1.54) is 12.1 Å². The second-order valence-electron chi connectivity index (χ2n) is 2.93. The summed E-state index contributed by atoms with van der Waals surface area (Å²) in [6.07, 6.45) is 0. The molecule has 0 aliphatic rings. The fraction of sp³-hybridized carbons (Fsp3) is 0.222. The minimum Gasteiger partial charge on any atom is -0.507 e. The van der Waals surface area contributed by atoms with Gasteiger partial charge in [0.1, 0.15) is 5.75 Å². The molecule has 0 spiro atoms. The normalized spacial score (nSPS) is 11.6. The predicted molar refractivity (Wildman–Crippen MR) is 56.5 cm³/mol. The van der Waals surface area contributed by atoms with Gasteiger partial charge in [-0.15, -0.1) is 12.4 Å². The molecule has 1 atom stereocenters. The SMILES string of the molecule is CC(N)c1ccc(O)c(C(N)=O)c1.Cl. The van der Waals surface area contributed by atoms with E-state index in [0.29, 0.717) is 0 Å². The van der Waals surface area contributed by atoms with Crippen LogP contribution in [0.4, 0.5) is 0 Å². The van der Waals surface area contributed by atoms with E-state index in [2.05, 4.69) is 0 Å². The van der Waals surface area contributed by atoms with Crippen LogP contribution in [0.15, 0.2) is 18.2 Å². The maximum absolute atomic E-state index is 10.8. The van der Waals surface area contributed by atoms with E-state index in [1.807, 2.05) is 0 Å².